The lowest BCUT2D eigenvalue weighted by atomic mass is 10.1. The van der Waals surface area contributed by atoms with E-state index in [2.05, 4.69) is 29.5 Å². The molecular weight excluding hydrogens is 336 g/mol. The first kappa shape index (κ1) is 21.4. The fourth-order valence-electron chi connectivity index (χ4n) is 2.11. The van der Waals surface area contributed by atoms with Gasteiger partial charge >= 0.3 is 0 Å². The van der Waals surface area contributed by atoms with Crippen molar-refractivity contribution in [3.05, 3.63) is 29.8 Å². The van der Waals surface area contributed by atoms with Crippen LogP contribution in [0.5, 0.6) is 0 Å². The van der Waals surface area contributed by atoms with Crippen molar-refractivity contribution >= 4 is 16.0 Å². The molecule has 0 spiro atoms. The molecule has 0 aromatic heterocycles. The number of sulfonamides is 1. The molecular formula is C18H32N4O2S. The molecule has 0 aliphatic heterocycles. The minimum absolute atomic E-state index is 0.0772. The molecule has 0 aliphatic carbocycles. The predicted octanol–water partition coefficient (Wildman–Crippen LogP) is 2.43. The van der Waals surface area contributed by atoms with E-state index in [1.807, 2.05) is 26.0 Å². The Balaban J connectivity index is 2.65. The van der Waals surface area contributed by atoms with E-state index < -0.39 is 10.0 Å². The number of aliphatic imine (C=N–C) groups is 1. The quantitative estimate of drug-likeness (QED) is 0.546. The molecule has 0 saturated carbocycles. The molecule has 6 nitrogen and oxygen atoms in total. The van der Waals surface area contributed by atoms with E-state index in [1.165, 1.54) is 4.31 Å². The second-order valence-corrected chi connectivity index (χ2v) is 8.79. The van der Waals surface area contributed by atoms with Gasteiger partial charge < -0.3 is 10.6 Å². The Morgan fingerprint density at radius 3 is 2.20 bits per heavy atom. The SMILES string of the molecule is CN=C(NCCC(C)C)NCc1ccc(S(=O)(=O)N(C)C(C)C)cc1. The van der Waals surface area contributed by atoms with Gasteiger partial charge in [-0.15, -0.1) is 0 Å². The average Bonchev–Trinajstić information content (AvgIpc) is 2.57. The molecule has 0 amide bonds. The van der Waals surface area contributed by atoms with Crippen LogP contribution in [0, 0.1) is 5.92 Å². The molecule has 25 heavy (non-hydrogen) atoms. The summed E-state index contributed by atoms with van der Waals surface area (Å²) >= 11 is 0. The van der Waals surface area contributed by atoms with Crippen LogP contribution in [0.4, 0.5) is 0 Å². The molecule has 0 radical (unpaired) electrons. The molecule has 1 aromatic rings. The lowest BCUT2D eigenvalue weighted by molar-refractivity contribution is 0.410. The molecule has 0 unspecified atom stereocenters. The molecule has 0 saturated heterocycles. The summed E-state index contributed by atoms with van der Waals surface area (Å²) in [4.78, 5) is 4.50. The number of nitrogens with one attached hydrogen (secondary N) is 2. The number of nitrogens with zero attached hydrogens (tertiary/aromatic N) is 2. The summed E-state index contributed by atoms with van der Waals surface area (Å²) in [5.41, 5.74) is 0.998. The molecule has 1 aromatic carbocycles. The zero-order chi connectivity index (χ0) is 19.0. The molecule has 0 atom stereocenters. The second-order valence-electron chi connectivity index (χ2n) is 6.79. The van der Waals surface area contributed by atoms with Gasteiger partial charge in [0.2, 0.25) is 10.0 Å². The summed E-state index contributed by atoms with van der Waals surface area (Å²) in [6.07, 6.45) is 1.08. The Labute approximate surface area is 152 Å². The molecule has 2 N–H and O–H groups in total. The molecule has 7 heteroatoms. The lowest BCUT2D eigenvalue weighted by Gasteiger charge is -2.21. The van der Waals surface area contributed by atoms with Gasteiger partial charge in [-0.1, -0.05) is 26.0 Å². The number of hydrogen-bond donors (Lipinski definition) is 2. The highest BCUT2D eigenvalue weighted by Crippen LogP contribution is 2.17. The monoisotopic (exact) mass is 368 g/mol. The summed E-state index contributed by atoms with van der Waals surface area (Å²) in [7, 11) is -0.0966. The lowest BCUT2D eigenvalue weighted by Crippen LogP contribution is -2.37. The number of rotatable bonds is 8. The van der Waals surface area contributed by atoms with Gasteiger partial charge in [0.15, 0.2) is 5.96 Å². The Morgan fingerprint density at radius 2 is 1.72 bits per heavy atom. The van der Waals surface area contributed by atoms with Gasteiger partial charge in [-0.3, -0.25) is 4.99 Å². The van der Waals surface area contributed by atoms with E-state index in [9.17, 15) is 8.42 Å². The van der Waals surface area contributed by atoms with Crippen molar-refractivity contribution in [1.82, 2.24) is 14.9 Å². The highest BCUT2D eigenvalue weighted by atomic mass is 32.2. The van der Waals surface area contributed by atoms with Crippen molar-refractivity contribution in [1.29, 1.82) is 0 Å². The second kappa shape index (κ2) is 9.77. The van der Waals surface area contributed by atoms with Gasteiger partial charge in [-0.25, -0.2) is 8.42 Å². The van der Waals surface area contributed by atoms with Crippen molar-refractivity contribution in [3.8, 4) is 0 Å². The number of guanidine groups is 1. The molecule has 0 aliphatic rings. The topological polar surface area (TPSA) is 73.8 Å². The highest BCUT2D eigenvalue weighted by Gasteiger charge is 2.22. The van der Waals surface area contributed by atoms with Crippen LogP contribution < -0.4 is 10.6 Å². The third-order valence-corrected chi connectivity index (χ3v) is 6.07. The van der Waals surface area contributed by atoms with E-state index in [0.29, 0.717) is 17.4 Å². The van der Waals surface area contributed by atoms with Crippen LogP contribution in [0.2, 0.25) is 0 Å². The van der Waals surface area contributed by atoms with E-state index in [-0.39, 0.29) is 6.04 Å². The summed E-state index contributed by atoms with van der Waals surface area (Å²) in [6.45, 7) is 9.54. The fourth-order valence-corrected chi connectivity index (χ4v) is 3.48. The Bertz CT molecular complexity index is 652. The minimum atomic E-state index is -3.43. The number of hydrogen-bond acceptors (Lipinski definition) is 3. The summed E-state index contributed by atoms with van der Waals surface area (Å²) in [5.74, 6) is 1.39. The van der Waals surface area contributed by atoms with Crippen molar-refractivity contribution in [3.63, 3.8) is 0 Å². The normalized spacial score (nSPS) is 12.9. The molecule has 1 rings (SSSR count). The Kier molecular flexibility index (Phi) is 8.38. The third-order valence-electron chi connectivity index (χ3n) is 4.03. The average molecular weight is 369 g/mol. The summed E-state index contributed by atoms with van der Waals surface area (Å²) < 4.78 is 26.3. The largest absolute Gasteiger partial charge is 0.356 e. The van der Waals surface area contributed by atoms with Crippen LogP contribution >= 0.6 is 0 Å². The Morgan fingerprint density at radius 1 is 1.12 bits per heavy atom. The summed E-state index contributed by atoms with van der Waals surface area (Å²) in [6, 6.07) is 6.89. The van der Waals surface area contributed by atoms with Crippen molar-refractivity contribution in [2.75, 3.05) is 20.6 Å². The van der Waals surface area contributed by atoms with Crippen LogP contribution in [-0.2, 0) is 16.6 Å². The Hall–Kier alpha value is -1.60. The maximum atomic E-state index is 12.5. The summed E-state index contributed by atoms with van der Waals surface area (Å²) in [5, 5.41) is 6.51. The molecule has 0 fully saturated rings. The van der Waals surface area contributed by atoms with Gasteiger partial charge in [0, 0.05) is 33.2 Å². The first-order valence-corrected chi connectivity index (χ1v) is 10.1. The van der Waals surface area contributed by atoms with Crippen LogP contribution in [0.25, 0.3) is 0 Å². The maximum absolute atomic E-state index is 12.5. The standard InChI is InChI=1S/C18H32N4O2S/c1-14(2)11-12-20-18(19-5)21-13-16-7-9-17(10-8-16)25(23,24)22(6)15(3)4/h7-10,14-15H,11-13H2,1-6H3,(H2,19,20,21). The van der Waals surface area contributed by atoms with Gasteiger partial charge in [0.25, 0.3) is 0 Å². The van der Waals surface area contributed by atoms with E-state index in [4.69, 9.17) is 0 Å². The van der Waals surface area contributed by atoms with Gasteiger partial charge in [-0.05, 0) is 43.9 Å². The molecule has 142 valence electrons. The van der Waals surface area contributed by atoms with Crippen molar-refractivity contribution < 1.29 is 8.42 Å². The fraction of sp³-hybridized carbons (Fsp3) is 0.611. The van der Waals surface area contributed by atoms with Crippen LogP contribution in [0.3, 0.4) is 0 Å². The van der Waals surface area contributed by atoms with E-state index in [1.54, 1.807) is 26.2 Å². The van der Waals surface area contributed by atoms with Crippen molar-refractivity contribution in [2.45, 2.75) is 51.6 Å². The number of benzene rings is 1. The molecule has 0 heterocycles. The highest BCUT2D eigenvalue weighted by molar-refractivity contribution is 7.89. The minimum Gasteiger partial charge on any atom is -0.356 e. The third kappa shape index (κ3) is 6.66. The van der Waals surface area contributed by atoms with Crippen LogP contribution in [0.1, 0.15) is 39.7 Å². The van der Waals surface area contributed by atoms with Crippen molar-refractivity contribution in [2.24, 2.45) is 10.9 Å². The maximum Gasteiger partial charge on any atom is 0.243 e. The smallest absolute Gasteiger partial charge is 0.243 e. The van der Waals surface area contributed by atoms with Gasteiger partial charge in [0.1, 0.15) is 0 Å². The first-order valence-electron chi connectivity index (χ1n) is 8.70. The van der Waals surface area contributed by atoms with Gasteiger partial charge in [-0.2, -0.15) is 4.31 Å². The molecule has 0 bridgehead atoms. The van der Waals surface area contributed by atoms with Crippen LogP contribution in [0.15, 0.2) is 34.2 Å². The van der Waals surface area contributed by atoms with Gasteiger partial charge in [0.05, 0.1) is 4.90 Å². The van der Waals surface area contributed by atoms with E-state index >= 15 is 0 Å². The van der Waals surface area contributed by atoms with E-state index in [0.717, 1.165) is 24.5 Å². The first-order chi connectivity index (χ1) is 11.7. The zero-order valence-corrected chi connectivity index (χ0v) is 17.0. The predicted molar refractivity (Wildman–Crippen MR) is 104 cm³/mol. The zero-order valence-electron chi connectivity index (χ0n) is 16.2. The van der Waals surface area contributed by atoms with Crippen LogP contribution in [-0.4, -0.2) is 45.4 Å².